The lowest BCUT2D eigenvalue weighted by molar-refractivity contribution is -0.143. The molecule has 0 atom stereocenters. The number of aromatic carboxylic acids is 1. The first-order valence-corrected chi connectivity index (χ1v) is 10.5. The van der Waals surface area contributed by atoms with E-state index in [1.807, 2.05) is 0 Å². The zero-order valence-electron chi connectivity index (χ0n) is 18.1. The molecule has 0 spiro atoms. The van der Waals surface area contributed by atoms with Gasteiger partial charge in [-0.1, -0.05) is 62.7 Å². The molecule has 0 radical (unpaired) electrons. The summed E-state index contributed by atoms with van der Waals surface area (Å²) in [5.74, 6) is -1.99. The Morgan fingerprint density at radius 2 is 1.64 bits per heavy atom. The fourth-order valence-corrected chi connectivity index (χ4v) is 3.82. The van der Waals surface area contributed by atoms with Crippen molar-refractivity contribution in [1.29, 1.82) is 0 Å². The fourth-order valence-electron chi connectivity index (χ4n) is 3.82. The van der Waals surface area contributed by atoms with E-state index in [9.17, 15) is 32.7 Å². The van der Waals surface area contributed by atoms with E-state index in [-0.39, 0.29) is 35.2 Å². The highest BCUT2D eigenvalue weighted by molar-refractivity contribution is 5.96. The molecule has 33 heavy (non-hydrogen) atoms. The Labute approximate surface area is 187 Å². The van der Waals surface area contributed by atoms with Crippen molar-refractivity contribution in [2.75, 3.05) is 0 Å². The number of benzene rings is 2. The van der Waals surface area contributed by atoms with Gasteiger partial charge in [0.1, 0.15) is 0 Å². The first-order chi connectivity index (χ1) is 15.6. The number of aromatic nitrogens is 2. The van der Waals surface area contributed by atoms with Crippen molar-refractivity contribution < 1.29 is 27.9 Å². The summed E-state index contributed by atoms with van der Waals surface area (Å²) in [6.07, 6.45) is -4.75. The summed E-state index contributed by atoms with van der Waals surface area (Å²) < 4.78 is 42.7. The molecule has 0 saturated carbocycles. The van der Waals surface area contributed by atoms with Crippen LogP contribution in [-0.4, -0.2) is 26.1 Å². The predicted molar refractivity (Wildman–Crippen MR) is 117 cm³/mol. The number of alkyl halides is 3. The number of carbonyl (C=O) groups is 2. The van der Waals surface area contributed by atoms with Gasteiger partial charge < -0.3 is 5.11 Å². The maximum atomic E-state index is 13.8. The van der Waals surface area contributed by atoms with Crippen molar-refractivity contribution in [2.45, 2.75) is 45.8 Å². The summed E-state index contributed by atoms with van der Waals surface area (Å²) >= 11 is 0. The van der Waals surface area contributed by atoms with Gasteiger partial charge >= 0.3 is 17.8 Å². The molecular weight excluding hydrogens is 437 g/mol. The molecule has 3 rings (SSSR count). The summed E-state index contributed by atoms with van der Waals surface area (Å²) in [4.78, 5) is 36.6. The van der Waals surface area contributed by atoms with Crippen LogP contribution in [0.2, 0.25) is 0 Å². The number of nitrogens with zero attached hydrogens (tertiary/aromatic N) is 2. The van der Waals surface area contributed by atoms with Crippen molar-refractivity contribution in [1.82, 2.24) is 9.13 Å². The molecule has 0 unspecified atom stereocenters. The van der Waals surface area contributed by atoms with Crippen LogP contribution in [0.15, 0.2) is 53.3 Å². The Morgan fingerprint density at radius 1 is 1.00 bits per heavy atom. The number of carboxylic acid groups (broad SMARTS) is 1. The molecule has 3 aromatic rings. The van der Waals surface area contributed by atoms with Gasteiger partial charge in [0.05, 0.1) is 17.8 Å². The number of hydrogen-bond acceptors (Lipinski definition) is 3. The second-order valence-electron chi connectivity index (χ2n) is 7.54. The van der Waals surface area contributed by atoms with Crippen LogP contribution in [0.4, 0.5) is 13.2 Å². The lowest BCUT2D eigenvalue weighted by Gasteiger charge is -2.12. The minimum absolute atomic E-state index is 0.0157. The molecule has 0 aliphatic rings. The van der Waals surface area contributed by atoms with Gasteiger partial charge in [0.25, 0.3) is 0 Å². The molecule has 9 heteroatoms. The Balaban J connectivity index is 2.07. The van der Waals surface area contributed by atoms with E-state index in [2.05, 4.69) is 0 Å². The number of carboxylic acids is 1. The molecule has 0 aliphatic heterocycles. The van der Waals surface area contributed by atoms with E-state index in [1.165, 1.54) is 13.0 Å². The maximum absolute atomic E-state index is 13.8. The molecule has 0 bridgehead atoms. The van der Waals surface area contributed by atoms with Crippen LogP contribution < -0.4 is 5.69 Å². The Morgan fingerprint density at radius 3 is 2.18 bits per heavy atom. The van der Waals surface area contributed by atoms with Crippen molar-refractivity contribution in [2.24, 2.45) is 0 Å². The number of hydrogen-bond donors (Lipinski definition) is 1. The highest BCUT2D eigenvalue weighted by Gasteiger charge is 2.41. The van der Waals surface area contributed by atoms with E-state index in [0.717, 1.165) is 4.57 Å². The van der Waals surface area contributed by atoms with E-state index in [4.69, 9.17) is 0 Å². The van der Waals surface area contributed by atoms with Crippen LogP contribution in [0.1, 0.15) is 58.8 Å². The third-order valence-corrected chi connectivity index (χ3v) is 5.32. The second kappa shape index (κ2) is 9.48. The molecule has 0 aliphatic carbocycles. The molecule has 6 nitrogen and oxygen atoms in total. The topological polar surface area (TPSA) is 81.3 Å². The number of rotatable bonds is 7. The molecule has 0 saturated heterocycles. The lowest BCUT2D eigenvalue weighted by Crippen LogP contribution is -2.31. The number of imidazole rings is 1. The van der Waals surface area contributed by atoms with Gasteiger partial charge in [-0.15, -0.1) is 0 Å². The first kappa shape index (κ1) is 24.0. The fraction of sp³-hybridized carbons (Fsp3) is 0.292. The zero-order valence-corrected chi connectivity index (χ0v) is 18.1. The van der Waals surface area contributed by atoms with Crippen molar-refractivity contribution in [3.8, 4) is 11.1 Å². The monoisotopic (exact) mass is 460 g/mol. The third kappa shape index (κ3) is 4.76. The lowest BCUT2D eigenvalue weighted by atomic mass is 9.99. The quantitative estimate of drug-likeness (QED) is 0.533. The Hall–Kier alpha value is -3.62. The summed E-state index contributed by atoms with van der Waals surface area (Å²) in [6.45, 7) is 2.95. The molecule has 174 valence electrons. The van der Waals surface area contributed by atoms with Crippen LogP contribution in [0, 0.1) is 0 Å². The molecule has 1 heterocycles. The highest BCUT2D eigenvalue weighted by atomic mass is 19.4. The molecule has 1 aromatic heterocycles. The van der Waals surface area contributed by atoms with E-state index >= 15 is 0 Å². The maximum Gasteiger partial charge on any atom is 0.433 e. The van der Waals surface area contributed by atoms with Crippen LogP contribution in [0.5, 0.6) is 0 Å². The van der Waals surface area contributed by atoms with Gasteiger partial charge in [-0.25, -0.2) is 14.2 Å². The van der Waals surface area contributed by atoms with Crippen molar-refractivity contribution in [3.05, 3.63) is 81.5 Å². The van der Waals surface area contributed by atoms with Gasteiger partial charge in [0, 0.05) is 6.42 Å². The first-order valence-electron chi connectivity index (χ1n) is 10.5. The summed E-state index contributed by atoms with van der Waals surface area (Å²) in [7, 11) is 0. The largest absolute Gasteiger partial charge is 0.478 e. The van der Waals surface area contributed by atoms with Crippen LogP contribution in [0.25, 0.3) is 11.1 Å². The highest BCUT2D eigenvalue weighted by Crippen LogP contribution is 2.33. The van der Waals surface area contributed by atoms with Crippen LogP contribution >= 0.6 is 0 Å². The van der Waals surface area contributed by atoms with Crippen LogP contribution in [0.3, 0.4) is 0 Å². The average molecular weight is 460 g/mol. The summed E-state index contributed by atoms with van der Waals surface area (Å²) in [5, 5.41) is 9.39. The van der Waals surface area contributed by atoms with Crippen molar-refractivity contribution in [3.63, 3.8) is 0 Å². The van der Waals surface area contributed by atoms with Gasteiger partial charge in [-0.2, -0.15) is 13.2 Å². The smallest absolute Gasteiger partial charge is 0.433 e. The van der Waals surface area contributed by atoms with Gasteiger partial charge in [0.15, 0.2) is 5.69 Å². The minimum atomic E-state index is -4.86. The third-order valence-electron chi connectivity index (χ3n) is 5.32. The van der Waals surface area contributed by atoms with Gasteiger partial charge in [-0.3, -0.25) is 9.36 Å². The standard InChI is InChI=1S/C24H23F3N2O4/c1-3-7-19-21(24(25,26)27)29(20(30)4-2)23(33)28(19)14-15-10-12-16(13-11-15)17-8-5-6-9-18(17)22(31)32/h5-6,8-13H,3-4,7,14H2,1-2H3,(H,31,32). The summed E-state index contributed by atoms with van der Waals surface area (Å²) in [6, 6.07) is 13.0. The Bertz CT molecular complexity index is 1240. The van der Waals surface area contributed by atoms with E-state index < -0.39 is 29.4 Å². The number of carbonyl (C=O) groups excluding carboxylic acids is 1. The van der Waals surface area contributed by atoms with Gasteiger partial charge in [0.2, 0.25) is 5.91 Å². The van der Waals surface area contributed by atoms with Crippen LogP contribution in [-0.2, 0) is 19.1 Å². The van der Waals surface area contributed by atoms with Gasteiger partial charge in [-0.05, 0) is 29.2 Å². The van der Waals surface area contributed by atoms with E-state index in [0.29, 0.717) is 23.1 Å². The zero-order chi connectivity index (χ0) is 24.3. The number of halogens is 3. The van der Waals surface area contributed by atoms with Crippen molar-refractivity contribution >= 4 is 11.9 Å². The molecule has 0 amide bonds. The Kier molecular flexibility index (Phi) is 6.90. The summed E-state index contributed by atoms with van der Waals surface area (Å²) in [5.41, 5.74) is -0.673. The molecular formula is C24H23F3N2O4. The molecule has 0 fully saturated rings. The second-order valence-corrected chi connectivity index (χ2v) is 7.54. The molecule has 1 N–H and O–H groups in total. The SMILES string of the molecule is CCCc1c(C(F)(F)F)n(C(=O)CC)c(=O)n1Cc1ccc(-c2ccccc2C(=O)O)cc1. The average Bonchev–Trinajstić information content (AvgIpc) is 3.06. The predicted octanol–water partition coefficient (Wildman–Crippen LogP) is 5.08. The normalized spacial score (nSPS) is 11.5. The van der Waals surface area contributed by atoms with E-state index in [1.54, 1.807) is 49.4 Å². The molecule has 2 aromatic carbocycles. The minimum Gasteiger partial charge on any atom is -0.478 e.